The lowest BCUT2D eigenvalue weighted by atomic mass is 9.83. The molecule has 5 rings (SSSR count). The number of nitrogens with one attached hydrogen (secondary N) is 5. The van der Waals surface area contributed by atoms with Crippen LogP contribution in [0, 0.1) is 11.8 Å². The number of carbonyl (C=O) groups is 3. The first-order valence-corrected chi connectivity index (χ1v) is 18.6. The first-order chi connectivity index (χ1) is 25.3. The van der Waals surface area contributed by atoms with E-state index in [0.29, 0.717) is 37.1 Å². The highest BCUT2D eigenvalue weighted by atomic mass is 16.7. The van der Waals surface area contributed by atoms with Gasteiger partial charge in [-0.2, -0.15) is 0 Å². The lowest BCUT2D eigenvalue weighted by Gasteiger charge is -2.31. The van der Waals surface area contributed by atoms with Crippen LogP contribution in [0.3, 0.4) is 0 Å². The highest BCUT2D eigenvalue weighted by Gasteiger charge is 2.33. The summed E-state index contributed by atoms with van der Waals surface area (Å²) in [7, 11) is 0. The molecule has 52 heavy (non-hydrogen) atoms. The highest BCUT2D eigenvalue weighted by molar-refractivity contribution is 5.92. The topological polar surface area (TPSA) is 183 Å². The van der Waals surface area contributed by atoms with Crippen molar-refractivity contribution in [2.45, 2.75) is 96.1 Å². The number of benzene rings is 2. The van der Waals surface area contributed by atoms with Gasteiger partial charge < -0.3 is 40.5 Å². The molecule has 0 spiro atoms. The molecule has 280 valence electrons. The van der Waals surface area contributed by atoms with Gasteiger partial charge in [-0.05, 0) is 48.9 Å². The summed E-state index contributed by atoms with van der Waals surface area (Å²) in [5.74, 6) is -1.34. The van der Waals surface area contributed by atoms with Crippen LogP contribution in [0.2, 0.25) is 0 Å². The number of imidazole rings is 2. The van der Waals surface area contributed by atoms with Crippen LogP contribution in [0.25, 0.3) is 10.8 Å². The second-order valence-electron chi connectivity index (χ2n) is 13.5. The van der Waals surface area contributed by atoms with Crippen molar-refractivity contribution < 1.29 is 29.0 Å². The number of aromatic nitrogens is 4. The summed E-state index contributed by atoms with van der Waals surface area (Å²) in [4.78, 5) is 56.4. The minimum Gasteiger partial charge on any atom is -0.383 e. The fourth-order valence-corrected chi connectivity index (χ4v) is 7.10. The highest BCUT2D eigenvalue weighted by Crippen LogP contribution is 2.30. The second kappa shape index (κ2) is 19.9. The molecule has 4 atom stereocenters. The van der Waals surface area contributed by atoms with E-state index in [-0.39, 0.29) is 31.7 Å². The number of fused-ring (bicyclic) bond motifs is 1. The van der Waals surface area contributed by atoms with E-state index in [2.05, 4.69) is 35.9 Å². The molecule has 6 N–H and O–H groups in total. The predicted octanol–water partition coefficient (Wildman–Crippen LogP) is 4.27. The Kier molecular flexibility index (Phi) is 14.8. The van der Waals surface area contributed by atoms with Gasteiger partial charge >= 0.3 is 0 Å². The number of nitrogens with zero attached hydrogens (tertiary/aromatic N) is 2. The Labute approximate surface area is 305 Å². The summed E-state index contributed by atoms with van der Waals surface area (Å²) in [6, 6.07) is 12.1. The van der Waals surface area contributed by atoms with E-state index in [0.717, 1.165) is 42.0 Å². The lowest BCUT2D eigenvalue weighted by molar-refractivity contribution is -0.142. The number of aliphatic hydroxyl groups excluding tert-OH is 1. The predicted molar refractivity (Wildman–Crippen MR) is 197 cm³/mol. The van der Waals surface area contributed by atoms with Crippen LogP contribution in [0.15, 0.2) is 67.4 Å². The lowest BCUT2D eigenvalue weighted by Crippen LogP contribution is -2.54. The van der Waals surface area contributed by atoms with E-state index < -0.39 is 42.2 Å². The molecule has 13 nitrogen and oxygen atoms in total. The van der Waals surface area contributed by atoms with Crippen molar-refractivity contribution in [3.63, 3.8) is 0 Å². The summed E-state index contributed by atoms with van der Waals surface area (Å²) in [5, 5.41) is 22.3. The zero-order valence-corrected chi connectivity index (χ0v) is 30.2. The van der Waals surface area contributed by atoms with Crippen LogP contribution in [-0.2, 0) is 36.7 Å². The normalized spacial score (nSPS) is 15.9. The number of aliphatic hydroxyl groups is 1. The minimum atomic E-state index is -1.07. The van der Waals surface area contributed by atoms with Crippen LogP contribution < -0.4 is 16.0 Å². The van der Waals surface area contributed by atoms with E-state index in [1.54, 1.807) is 18.6 Å². The largest absolute Gasteiger partial charge is 0.383 e. The van der Waals surface area contributed by atoms with Gasteiger partial charge in [0.05, 0.1) is 30.5 Å². The minimum absolute atomic E-state index is 0.103. The number of rotatable bonds is 20. The number of carbonyl (C=O) groups excluding carboxylic acids is 3. The smallest absolute Gasteiger partial charge is 0.243 e. The maximum Gasteiger partial charge on any atom is 0.243 e. The van der Waals surface area contributed by atoms with Gasteiger partial charge in [-0.1, -0.05) is 74.6 Å². The Balaban J connectivity index is 1.37. The van der Waals surface area contributed by atoms with Crippen molar-refractivity contribution in [2.24, 2.45) is 11.8 Å². The molecule has 1 aliphatic rings. The monoisotopic (exact) mass is 715 g/mol. The van der Waals surface area contributed by atoms with Crippen molar-refractivity contribution in [3.05, 3.63) is 84.5 Å². The molecular formula is C39H53N7O6. The third kappa shape index (κ3) is 11.2. The van der Waals surface area contributed by atoms with Crippen molar-refractivity contribution in [1.82, 2.24) is 35.9 Å². The molecule has 2 aromatic carbocycles. The van der Waals surface area contributed by atoms with Crippen LogP contribution in [0.4, 0.5) is 0 Å². The number of hydrogen-bond donors (Lipinski definition) is 6. The van der Waals surface area contributed by atoms with E-state index in [9.17, 15) is 19.5 Å². The van der Waals surface area contributed by atoms with Crippen LogP contribution in [-0.4, -0.2) is 80.9 Å². The maximum absolute atomic E-state index is 14.3. The Bertz CT molecular complexity index is 1660. The van der Waals surface area contributed by atoms with E-state index in [4.69, 9.17) is 9.47 Å². The molecule has 4 aromatic rings. The average molecular weight is 716 g/mol. The molecule has 1 aliphatic carbocycles. The number of hydrogen-bond acceptors (Lipinski definition) is 8. The van der Waals surface area contributed by atoms with Crippen LogP contribution >= 0.6 is 0 Å². The molecular weight excluding hydrogens is 662 g/mol. The number of aromatic amines is 2. The fourth-order valence-electron chi connectivity index (χ4n) is 7.10. The summed E-state index contributed by atoms with van der Waals surface area (Å²) < 4.78 is 11.2. The summed E-state index contributed by atoms with van der Waals surface area (Å²) >= 11 is 0. The Hall–Kier alpha value is -4.59. The third-order valence-corrected chi connectivity index (χ3v) is 9.74. The Morgan fingerprint density at radius 2 is 1.71 bits per heavy atom. The molecule has 0 aliphatic heterocycles. The van der Waals surface area contributed by atoms with E-state index >= 15 is 0 Å². The molecule has 2 aromatic heterocycles. The zero-order chi connectivity index (χ0) is 36.7. The molecule has 0 bridgehead atoms. The molecule has 13 heteroatoms. The Morgan fingerprint density at radius 3 is 2.42 bits per heavy atom. The number of ether oxygens (including phenoxy) is 2. The van der Waals surface area contributed by atoms with Gasteiger partial charge in [-0.15, -0.1) is 0 Å². The van der Waals surface area contributed by atoms with Crippen LogP contribution in [0.5, 0.6) is 0 Å². The van der Waals surface area contributed by atoms with Gasteiger partial charge in [0.2, 0.25) is 17.7 Å². The number of H-pyrrole nitrogens is 2. The van der Waals surface area contributed by atoms with Gasteiger partial charge in [0.15, 0.2) is 6.29 Å². The van der Waals surface area contributed by atoms with E-state index in [1.165, 1.54) is 12.7 Å². The summed E-state index contributed by atoms with van der Waals surface area (Å²) in [6.07, 6.45) is 11.0. The first kappa shape index (κ1) is 38.6. The first-order valence-electron chi connectivity index (χ1n) is 18.6. The standard InChI is InChI=1S/C39H53N7O6/c1-3-51-35(52-4-2)24-43-34(47)21-29(20-28-15-10-14-27-13-8-9-16-31(27)28)38(49)46-33(22-30-23-40-25-44-30)39(50)45-32(19-26-11-6-5-7-12-26)36(48)37-41-17-18-42-37/h8-10,13-18,23,25-26,29,32-33,35-36,48H,3-7,11-12,19-22,24H2,1-2H3,(H,40,44)(H,41,42)(H,43,47)(H,45,50)(H,46,49)/t29-,32-,33+,36+/m1/s1. The fraction of sp³-hybridized carbons (Fsp3) is 0.513. The molecule has 0 radical (unpaired) electrons. The van der Waals surface area contributed by atoms with Gasteiger partial charge in [-0.3, -0.25) is 14.4 Å². The average Bonchev–Trinajstić information content (AvgIpc) is 3.89. The van der Waals surface area contributed by atoms with Crippen molar-refractivity contribution in [2.75, 3.05) is 19.8 Å². The maximum atomic E-state index is 14.3. The third-order valence-electron chi connectivity index (χ3n) is 9.74. The molecule has 3 amide bonds. The molecule has 1 saturated carbocycles. The van der Waals surface area contributed by atoms with Crippen molar-refractivity contribution in [1.29, 1.82) is 0 Å². The molecule has 1 fully saturated rings. The summed E-state index contributed by atoms with van der Waals surface area (Å²) in [5.41, 5.74) is 1.49. The SMILES string of the molecule is CCOC(CNC(=O)C[C@@H](Cc1cccc2ccccc12)C(=O)N[C@@H](Cc1c[nH]cn1)C(=O)N[C@H](CC1CCCCC1)[C@H](O)c1ncc[nH]1)OCC. The van der Waals surface area contributed by atoms with Gasteiger partial charge in [-0.25, -0.2) is 9.97 Å². The molecule has 0 unspecified atom stereocenters. The van der Waals surface area contributed by atoms with Gasteiger partial charge in [0, 0.05) is 44.6 Å². The Morgan fingerprint density at radius 1 is 0.942 bits per heavy atom. The molecule has 0 saturated heterocycles. The molecule has 2 heterocycles. The van der Waals surface area contributed by atoms with Crippen LogP contribution in [0.1, 0.15) is 82.0 Å². The van der Waals surface area contributed by atoms with Crippen molar-refractivity contribution >= 4 is 28.5 Å². The zero-order valence-electron chi connectivity index (χ0n) is 30.2. The summed E-state index contributed by atoms with van der Waals surface area (Å²) in [6.45, 7) is 4.68. The van der Waals surface area contributed by atoms with E-state index in [1.807, 2.05) is 56.3 Å². The van der Waals surface area contributed by atoms with Gasteiger partial charge in [0.25, 0.3) is 0 Å². The number of amides is 3. The van der Waals surface area contributed by atoms with Crippen molar-refractivity contribution in [3.8, 4) is 0 Å². The van der Waals surface area contributed by atoms with Gasteiger partial charge in [0.1, 0.15) is 18.0 Å². The quantitative estimate of drug-likeness (QED) is 0.0734. The second-order valence-corrected chi connectivity index (χ2v) is 13.5.